The molecule has 0 aliphatic carbocycles. The summed E-state index contributed by atoms with van der Waals surface area (Å²) in [6, 6.07) is 11.3. The summed E-state index contributed by atoms with van der Waals surface area (Å²) in [6.45, 7) is 0.245. The molecule has 0 saturated carbocycles. The summed E-state index contributed by atoms with van der Waals surface area (Å²) in [6.07, 6.45) is 0.920. The molecule has 2 rings (SSSR count). The molecule has 1 N–H and O–H groups in total. The number of halogens is 2. The van der Waals surface area contributed by atoms with Crippen LogP contribution in [-0.4, -0.2) is 20.6 Å². The maximum Gasteiger partial charge on any atom is 0.264 e. The monoisotopic (exact) mass is 373 g/mol. The zero-order valence-electron chi connectivity index (χ0n) is 12.0. The van der Waals surface area contributed by atoms with Crippen LogP contribution in [0.2, 0.25) is 10.0 Å². The first-order valence-corrected chi connectivity index (χ1v) is 9.08. The normalized spacial score (nSPS) is 11.1. The van der Waals surface area contributed by atoms with Crippen LogP contribution in [0, 0.1) is 0 Å². The Morgan fingerprint density at radius 2 is 1.78 bits per heavy atom. The van der Waals surface area contributed by atoms with Gasteiger partial charge in [-0.25, -0.2) is 13.1 Å². The van der Waals surface area contributed by atoms with E-state index in [1.54, 1.807) is 30.3 Å². The topological polar surface area (TPSA) is 72.5 Å². The molecule has 0 aliphatic rings. The Kier molecular flexibility index (Phi) is 5.51. The fraction of sp³-hybridized carbons (Fsp3) is 0.133. The molecule has 122 valence electrons. The molecule has 8 heteroatoms. The van der Waals surface area contributed by atoms with E-state index in [0.717, 1.165) is 11.8 Å². The number of amides is 1. The first kappa shape index (κ1) is 17.6. The third-order valence-corrected chi connectivity index (χ3v) is 3.87. The molecule has 0 unspecified atom stereocenters. The van der Waals surface area contributed by atoms with Crippen LogP contribution in [0.5, 0.6) is 5.75 Å². The van der Waals surface area contributed by atoms with Gasteiger partial charge in [-0.15, -0.1) is 0 Å². The predicted molar refractivity (Wildman–Crippen MR) is 89.5 cm³/mol. The van der Waals surface area contributed by atoms with Crippen LogP contribution in [0.15, 0.2) is 42.5 Å². The smallest absolute Gasteiger partial charge is 0.264 e. The van der Waals surface area contributed by atoms with E-state index in [4.69, 9.17) is 27.9 Å². The summed E-state index contributed by atoms with van der Waals surface area (Å²) in [5.74, 6) is -0.185. The van der Waals surface area contributed by atoms with Gasteiger partial charge in [0.2, 0.25) is 10.0 Å². The highest BCUT2D eigenvalue weighted by Crippen LogP contribution is 2.28. The minimum atomic E-state index is -3.59. The largest absolute Gasteiger partial charge is 0.487 e. The number of carbonyl (C=O) groups excluding carboxylic acids is 1. The molecule has 1 amide bonds. The molecule has 2 aromatic carbocycles. The summed E-state index contributed by atoms with van der Waals surface area (Å²) >= 11 is 11.8. The molecule has 0 atom stereocenters. The first-order valence-electron chi connectivity index (χ1n) is 6.43. The Morgan fingerprint density at radius 1 is 1.13 bits per heavy atom. The second kappa shape index (κ2) is 7.21. The van der Waals surface area contributed by atoms with Gasteiger partial charge >= 0.3 is 0 Å². The van der Waals surface area contributed by atoms with Crippen molar-refractivity contribution in [2.45, 2.75) is 6.61 Å². The number of hydrogen-bond acceptors (Lipinski definition) is 4. The molecule has 0 aromatic heterocycles. The number of benzene rings is 2. The van der Waals surface area contributed by atoms with Crippen molar-refractivity contribution in [3.05, 3.63) is 63.6 Å². The van der Waals surface area contributed by atoms with Crippen molar-refractivity contribution in [2.24, 2.45) is 0 Å². The molecular formula is C15H13Cl2NO4S. The lowest BCUT2D eigenvalue weighted by Crippen LogP contribution is -2.29. The standard InChI is InChI=1S/C15H13Cl2NO4S/c1-23(20,21)18-15(19)11-4-2-10(3-5-11)9-22-14-7-6-12(16)8-13(14)17/h2-8H,9H2,1H3,(H,18,19). The number of rotatable bonds is 5. The van der Waals surface area contributed by atoms with Gasteiger partial charge in [0.05, 0.1) is 11.3 Å². The van der Waals surface area contributed by atoms with E-state index >= 15 is 0 Å². The summed E-state index contributed by atoms with van der Waals surface area (Å²) in [5, 5.41) is 0.922. The molecule has 0 spiro atoms. The van der Waals surface area contributed by atoms with E-state index in [1.807, 2.05) is 4.72 Å². The second-order valence-electron chi connectivity index (χ2n) is 4.76. The Labute approximate surface area is 144 Å². The van der Waals surface area contributed by atoms with Crippen LogP contribution in [0.25, 0.3) is 0 Å². The van der Waals surface area contributed by atoms with Crippen molar-refractivity contribution in [2.75, 3.05) is 6.26 Å². The van der Waals surface area contributed by atoms with Gasteiger partial charge in [-0.1, -0.05) is 35.3 Å². The molecule has 0 heterocycles. The van der Waals surface area contributed by atoms with Crippen molar-refractivity contribution < 1.29 is 17.9 Å². The Hall–Kier alpha value is -1.76. The van der Waals surface area contributed by atoms with Gasteiger partial charge in [-0.2, -0.15) is 0 Å². The Balaban J connectivity index is 2.01. The van der Waals surface area contributed by atoms with Gasteiger partial charge in [-0.3, -0.25) is 4.79 Å². The fourth-order valence-corrected chi connectivity index (χ4v) is 2.65. The highest BCUT2D eigenvalue weighted by molar-refractivity contribution is 7.89. The van der Waals surface area contributed by atoms with Crippen molar-refractivity contribution in [3.63, 3.8) is 0 Å². The zero-order chi connectivity index (χ0) is 17.0. The fourth-order valence-electron chi connectivity index (χ4n) is 1.73. The molecular weight excluding hydrogens is 361 g/mol. The lowest BCUT2D eigenvalue weighted by atomic mass is 10.1. The van der Waals surface area contributed by atoms with E-state index < -0.39 is 15.9 Å². The van der Waals surface area contributed by atoms with Crippen molar-refractivity contribution >= 4 is 39.1 Å². The third-order valence-electron chi connectivity index (χ3n) is 2.78. The Bertz CT molecular complexity index is 820. The average Bonchev–Trinajstić information content (AvgIpc) is 2.45. The highest BCUT2D eigenvalue weighted by atomic mass is 35.5. The highest BCUT2D eigenvalue weighted by Gasteiger charge is 2.11. The van der Waals surface area contributed by atoms with Crippen molar-refractivity contribution in [3.8, 4) is 5.75 Å². The first-order chi connectivity index (χ1) is 10.7. The van der Waals surface area contributed by atoms with Crippen molar-refractivity contribution in [1.29, 1.82) is 0 Å². The van der Waals surface area contributed by atoms with Crippen molar-refractivity contribution in [1.82, 2.24) is 4.72 Å². The summed E-state index contributed by atoms with van der Waals surface area (Å²) in [7, 11) is -3.59. The number of carbonyl (C=O) groups is 1. The van der Waals surface area contributed by atoms with Gasteiger partial charge in [0, 0.05) is 10.6 Å². The number of nitrogens with one attached hydrogen (secondary N) is 1. The molecule has 5 nitrogen and oxygen atoms in total. The average molecular weight is 374 g/mol. The SMILES string of the molecule is CS(=O)(=O)NC(=O)c1ccc(COc2ccc(Cl)cc2Cl)cc1. The molecule has 0 aliphatic heterocycles. The molecule has 0 bridgehead atoms. The van der Waals surface area contributed by atoms with Gasteiger partial charge in [0.1, 0.15) is 12.4 Å². The maximum absolute atomic E-state index is 11.7. The quantitative estimate of drug-likeness (QED) is 0.872. The van der Waals surface area contributed by atoms with Gasteiger partial charge in [-0.05, 0) is 35.9 Å². The minimum absolute atomic E-state index is 0.240. The Morgan fingerprint density at radius 3 is 2.35 bits per heavy atom. The molecule has 0 radical (unpaired) electrons. The van der Waals surface area contributed by atoms with Crippen LogP contribution >= 0.6 is 23.2 Å². The van der Waals surface area contributed by atoms with E-state index in [2.05, 4.69) is 0 Å². The number of sulfonamides is 1. The van der Waals surface area contributed by atoms with Gasteiger partial charge < -0.3 is 4.74 Å². The molecule has 2 aromatic rings. The third kappa shape index (κ3) is 5.42. The summed E-state index contributed by atoms with van der Waals surface area (Å²) < 4.78 is 29.5. The predicted octanol–water partition coefficient (Wildman–Crippen LogP) is 3.26. The van der Waals surface area contributed by atoms with E-state index in [-0.39, 0.29) is 12.2 Å². The van der Waals surface area contributed by atoms with Gasteiger partial charge in [0.25, 0.3) is 5.91 Å². The summed E-state index contributed by atoms with van der Waals surface area (Å²) in [4.78, 5) is 11.7. The van der Waals surface area contributed by atoms with E-state index in [9.17, 15) is 13.2 Å². The van der Waals surface area contributed by atoms with Crippen LogP contribution < -0.4 is 9.46 Å². The van der Waals surface area contributed by atoms with Crippen LogP contribution in [0.1, 0.15) is 15.9 Å². The van der Waals surface area contributed by atoms with E-state index in [1.165, 1.54) is 12.1 Å². The lowest BCUT2D eigenvalue weighted by molar-refractivity contribution is 0.0981. The molecule has 0 fully saturated rings. The number of ether oxygens (including phenoxy) is 1. The van der Waals surface area contributed by atoms with E-state index in [0.29, 0.717) is 15.8 Å². The van der Waals surface area contributed by atoms with Gasteiger partial charge in [0.15, 0.2) is 0 Å². The van der Waals surface area contributed by atoms with Crippen LogP contribution in [0.3, 0.4) is 0 Å². The summed E-state index contributed by atoms with van der Waals surface area (Å²) in [5.41, 5.74) is 1.04. The van der Waals surface area contributed by atoms with Crippen LogP contribution in [-0.2, 0) is 16.6 Å². The molecule has 23 heavy (non-hydrogen) atoms. The van der Waals surface area contributed by atoms with Crippen LogP contribution in [0.4, 0.5) is 0 Å². The molecule has 0 saturated heterocycles. The second-order valence-corrected chi connectivity index (χ2v) is 7.36. The minimum Gasteiger partial charge on any atom is -0.487 e. The zero-order valence-corrected chi connectivity index (χ0v) is 14.4. The number of hydrogen-bond donors (Lipinski definition) is 1. The maximum atomic E-state index is 11.7. The lowest BCUT2D eigenvalue weighted by Gasteiger charge is -2.09.